The summed E-state index contributed by atoms with van der Waals surface area (Å²) in [7, 11) is 0. The molecule has 1 saturated heterocycles. The van der Waals surface area contributed by atoms with E-state index in [1.807, 2.05) is 0 Å². The standard InChI is InChI=1S/C13H24N2O/c1-4-5-10-7-12(10)15-8-14-11(13(15)16)6-9(2)3/h9-12,14H,4-8H2,1-3H3. The topological polar surface area (TPSA) is 32.3 Å². The van der Waals surface area contributed by atoms with E-state index in [1.165, 1.54) is 19.3 Å². The molecule has 2 aliphatic rings. The molecule has 1 amide bonds. The van der Waals surface area contributed by atoms with Gasteiger partial charge < -0.3 is 4.90 Å². The Morgan fingerprint density at radius 1 is 1.50 bits per heavy atom. The third-order valence-corrected chi connectivity index (χ3v) is 3.74. The minimum Gasteiger partial charge on any atom is -0.325 e. The number of carbonyl (C=O) groups is 1. The van der Waals surface area contributed by atoms with Crippen LogP contribution in [-0.4, -0.2) is 29.6 Å². The first-order valence-corrected chi connectivity index (χ1v) is 6.67. The Balaban J connectivity index is 1.84. The number of nitrogens with one attached hydrogen (secondary N) is 1. The van der Waals surface area contributed by atoms with Gasteiger partial charge in [0, 0.05) is 6.04 Å². The van der Waals surface area contributed by atoms with Gasteiger partial charge in [0.1, 0.15) is 0 Å². The highest BCUT2D eigenvalue weighted by Crippen LogP contribution is 2.40. The molecule has 0 spiro atoms. The van der Waals surface area contributed by atoms with Crippen LogP contribution in [0.15, 0.2) is 0 Å². The lowest BCUT2D eigenvalue weighted by molar-refractivity contribution is -0.129. The van der Waals surface area contributed by atoms with Gasteiger partial charge in [-0.15, -0.1) is 0 Å². The predicted octanol–water partition coefficient (Wildman–Crippen LogP) is 1.98. The van der Waals surface area contributed by atoms with E-state index in [0.717, 1.165) is 19.0 Å². The van der Waals surface area contributed by atoms with E-state index in [0.29, 0.717) is 17.9 Å². The van der Waals surface area contributed by atoms with Gasteiger partial charge in [-0.1, -0.05) is 27.2 Å². The Bertz CT molecular complexity index is 265. The second-order valence-electron chi connectivity index (χ2n) is 5.70. The van der Waals surface area contributed by atoms with Gasteiger partial charge in [-0.05, 0) is 31.1 Å². The molecule has 3 unspecified atom stereocenters. The van der Waals surface area contributed by atoms with Gasteiger partial charge in [0.25, 0.3) is 0 Å². The van der Waals surface area contributed by atoms with E-state index < -0.39 is 0 Å². The second kappa shape index (κ2) is 4.74. The fourth-order valence-corrected chi connectivity index (χ4v) is 2.80. The number of hydrogen-bond acceptors (Lipinski definition) is 2. The zero-order chi connectivity index (χ0) is 11.7. The van der Waals surface area contributed by atoms with Gasteiger partial charge in [0.15, 0.2) is 0 Å². The first kappa shape index (κ1) is 11.9. The third kappa shape index (κ3) is 2.40. The van der Waals surface area contributed by atoms with Crippen molar-refractivity contribution in [3.63, 3.8) is 0 Å². The summed E-state index contributed by atoms with van der Waals surface area (Å²) < 4.78 is 0. The summed E-state index contributed by atoms with van der Waals surface area (Å²) in [6.07, 6.45) is 4.73. The zero-order valence-corrected chi connectivity index (χ0v) is 10.7. The molecule has 0 radical (unpaired) electrons. The molecule has 0 aromatic heterocycles. The lowest BCUT2D eigenvalue weighted by atomic mass is 10.0. The Kier molecular flexibility index (Phi) is 3.53. The van der Waals surface area contributed by atoms with Crippen LogP contribution in [0.25, 0.3) is 0 Å². The lowest BCUT2D eigenvalue weighted by Gasteiger charge is -2.16. The summed E-state index contributed by atoms with van der Waals surface area (Å²) in [5.41, 5.74) is 0. The molecule has 3 nitrogen and oxygen atoms in total. The fourth-order valence-electron chi connectivity index (χ4n) is 2.80. The molecule has 1 heterocycles. The fraction of sp³-hybridized carbons (Fsp3) is 0.923. The Hall–Kier alpha value is -0.570. The summed E-state index contributed by atoms with van der Waals surface area (Å²) >= 11 is 0. The maximum atomic E-state index is 12.1. The van der Waals surface area contributed by atoms with Crippen molar-refractivity contribution in [3.8, 4) is 0 Å². The zero-order valence-electron chi connectivity index (χ0n) is 10.7. The van der Waals surface area contributed by atoms with E-state index in [4.69, 9.17) is 0 Å². The van der Waals surface area contributed by atoms with Crippen molar-refractivity contribution < 1.29 is 4.79 Å². The molecule has 16 heavy (non-hydrogen) atoms. The molecule has 0 aromatic rings. The van der Waals surface area contributed by atoms with Crippen LogP contribution in [0.2, 0.25) is 0 Å². The maximum absolute atomic E-state index is 12.1. The first-order chi connectivity index (χ1) is 7.63. The Labute approximate surface area is 98.6 Å². The maximum Gasteiger partial charge on any atom is 0.241 e. The Morgan fingerprint density at radius 2 is 2.25 bits per heavy atom. The van der Waals surface area contributed by atoms with Crippen LogP contribution < -0.4 is 5.32 Å². The van der Waals surface area contributed by atoms with Gasteiger partial charge in [-0.2, -0.15) is 0 Å². The van der Waals surface area contributed by atoms with E-state index in [-0.39, 0.29) is 6.04 Å². The highest BCUT2D eigenvalue weighted by molar-refractivity contribution is 5.84. The summed E-state index contributed by atoms with van der Waals surface area (Å²) in [4.78, 5) is 14.2. The van der Waals surface area contributed by atoms with Crippen LogP contribution in [0.1, 0.15) is 46.5 Å². The molecular weight excluding hydrogens is 200 g/mol. The van der Waals surface area contributed by atoms with Gasteiger partial charge in [0.2, 0.25) is 5.91 Å². The van der Waals surface area contributed by atoms with Crippen LogP contribution in [0.4, 0.5) is 0 Å². The molecule has 1 N–H and O–H groups in total. The second-order valence-corrected chi connectivity index (χ2v) is 5.70. The van der Waals surface area contributed by atoms with Gasteiger partial charge >= 0.3 is 0 Å². The number of carbonyl (C=O) groups excluding carboxylic acids is 1. The van der Waals surface area contributed by atoms with E-state index >= 15 is 0 Å². The van der Waals surface area contributed by atoms with Gasteiger partial charge in [-0.3, -0.25) is 10.1 Å². The lowest BCUT2D eigenvalue weighted by Crippen LogP contribution is -2.33. The monoisotopic (exact) mass is 224 g/mol. The highest BCUT2D eigenvalue weighted by Gasteiger charge is 2.46. The SMILES string of the molecule is CCCC1CC1N1CNC(CC(C)C)C1=O. The van der Waals surface area contributed by atoms with Crippen LogP contribution in [0.3, 0.4) is 0 Å². The first-order valence-electron chi connectivity index (χ1n) is 6.67. The molecule has 92 valence electrons. The van der Waals surface area contributed by atoms with Crippen LogP contribution in [0, 0.1) is 11.8 Å². The summed E-state index contributed by atoms with van der Waals surface area (Å²) in [6, 6.07) is 0.639. The van der Waals surface area contributed by atoms with Crippen LogP contribution >= 0.6 is 0 Å². The molecule has 3 atom stereocenters. The molecule has 3 heteroatoms. The Morgan fingerprint density at radius 3 is 2.88 bits per heavy atom. The van der Waals surface area contributed by atoms with Crippen molar-refractivity contribution in [2.24, 2.45) is 11.8 Å². The average Bonchev–Trinajstić information content (AvgIpc) is 2.87. The van der Waals surface area contributed by atoms with Gasteiger partial charge in [-0.25, -0.2) is 0 Å². The highest BCUT2D eigenvalue weighted by atomic mass is 16.2. The van der Waals surface area contributed by atoms with Crippen molar-refractivity contribution in [1.29, 1.82) is 0 Å². The molecule has 1 aliphatic heterocycles. The molecule has 0 bridgehead atoms. The predicted molar refractivity (Wildman–Crippen MR) is 64.9 cm³/mol. The normalized spacial score (nSPS) is 33.9. The van der Waals surface area contributed by atoms with Crippen molar-refractivity contribution in [2.75, 3.05) is 6.67 Å². The van der Waals surface area contributed by atoms with E-state index in [9.17, 15) is 4.79 Å². The smallest absolute Gasteiger partial charge is 0.241 e. The molecule has 1 saturated carbocycles. The van der Waals surface area contributed by atoms with Crippen molar-refractivity contribution >= 4 is 5.91 Å². The average molecular weight is 224 g/mol. The van der Waals surface area contributed by atoms with E-state index in [2.05, 4.69) is 31.0 Å². The van der Waals surface area contributed by atoms with Crippen LogP contribution in [0.5, 0.6) is 0 Å². The largest absolute Gasteiger partial charge is 0.325 e. The number of nitrogens with zero attached hydrogens (tertiary/aromatic N) is 1. The third-order valence-electron chi connectivity index (χ3n) is 3.74. The molecular formula is C13H24N2O. The number of rotatable bonds is 5. The quantitative estimate of drug-likeness (QED) is 0.774. The molecule has 1 aliphatic carbocycles. The van der Waals surface area contributed by atoms with Crippen molar-refractivity contribution in [2.45, 2.75) is 58.5 Å². The van der Waals surface area contributed by atoms with Crippen molar-refractivity contribution in [1.82, 2.24) is 10.2 Å². The summed E-state index contributed by atoms with van der Waals surface area (Å²) in [5, 5.41) is 3.35. The molecule has 2 fully saturated rings. The minimum atomic E-state index is 0.0860. The van der Waals surface area contributed by atoms with Crippen molar-refractivity contribution in [3.05, 3.63) is 0 Å². The van der Waals surface area contributed by atoms with Gasteiger partial charge in [0.05, 0.1) is 12.7 Å². The number of amides is 1. The van der Waals surface area contributed by atoms with Crippen LogP contribution in [-0.2, 0) is 4.79 Å². The molecule has 2 rings (SSSR count). The summed E-state index contributed by atoms with van der Waals surface area (Å²) in [6.45, 7) is 7.35. The van der Waals surface area contributed by atoms with E-state index in [1.54, 1.807) is 0 Å². The summed E-state index contributed by atoms with van der Waals surface area (Å²) in [5.74, 6) is 1.72. The molecule has 0 aromatic carbocycles. The minimum absolute atomic E-state index is 0.0860. The number of hydrogen-bond donors (Lipinski definition) is 1.